The van der Waals surface area contributed by atoms with Gasteiger partial charge in [0.1, 0.15) is 17.3 Å². The molecule has 0 aromatic heterocycles. The first-order chi connectivity index (χ1) is 10.7. The second-order valence-corrected chi connectivity index (χ2v) is 4.39. The molecule has 2 N–H and O–H groups in total. The summed E-state index contributed by atoms with van der Waals surface area (Å²) in [5.74, 6) is -3.19. The average molecular weight is 334 g/mol. The Kier molecular flexibility index (Phi) is 4.55. The number of β-amino-alcohol motifs (C(OH)–C–C–N with tert-alkyl or cyclic N) is 1. The molecule has 10 heteroatoms. The highest BCUT2D eigenvalue weighted by molar-refractivity contribution is 6.17. The van der Waals surface area contributed by atoms with Gasteiger partial charge in [-0.25, -0.2) is 4.39 Å². The third-order valence-corrected chi connectivity index (χ3v) is 2.77. The minimum absolute atomic E-state index is 0.251. The third kappa shape index (κ3) is 3.97. The van der Waals surface area contributed by atoms with Crippen LogP contribution < -0.4 is 10.1 Å². The molecule has 23 heavy (non-hydrogen) atoms. The van der Waals surface area contributed by atoms with Gasteiger partial charge in [-0.05, 0) is 12.1 Å². The predicted octanol–water partition coefficient (Wildman–Crippen LogP) is 1.38. The Balaban J connectivity index is 2.20. The number of ether oxygens (including phenoxy) is 1. The zero-order valence-electron chi connectivity index (χ0n) is 11.4. The van der Waals surface area contributed by atoms with Crippen LogP contribution in [-0.4, -0.2) is 41.3 Å². The van der Waals surface area contributed by atoms with Gasteiger partial charge in [0.25, 0.3) is 11.8 Å². The van der Waals surface area contributed by atoms with E-state index >= 15 is 0 Å². The summed E-state index contributed by atoms with van der Waals surface area (Å²) in [6.07, 6.45) is -4.10. The topological polar surface area (TPSA) is 78.9 Å². The fourth-order valence-corrected chi connectivity index (χ4v) is 1.85. The molecule has 0 fully saturated rings. The van der Waals surface area contributed by atoms with Crippen molar-refractivity contribution in [2.24, 2.45) is 0 Å². The molecule has 124 valence electrons. The van der Waals surface area contributed by atoms with Gasteiger partial charge in [-0.1, -0.05) is 0 Å². The summed E-state index contributed by atoms with van der Waals surface area (Å²) in [5.41, 5.74) is -0.795. The first kappa shape index (κ1) is 16.7. The minimum atomic E-state index is -4.95. The van der Waals surface area contributed by atoms with Crippen LogP contribution in [0.25, 0.3) is 0 Å². The van der Waals surface area contributed by atoms with Crippen molar-refractivity contribution in [3.8, 4) is 5.75 Å². The molecular weight excluding hydrogens is 324 g/mol. The highest BCUT2D eigenvalue weighted by Crippen LogP contribution is 2.28. The number of halogens is 4. The number of nitrogens with one attached hydrogen (secondary N) is 1. The molecule has 1 heterocycles. The summed E-state index contributed by atoms with van der Waals surface area (Å²) in [4.78, 5) is 24.1. The van der Waals surface area contributed by atoms with Crippen molar-refractivity contribution in [1.82, 2.24) is 4.90 Å². The number of benzene rings is 1. The number of hydrogen-bond acceptors (Lipinski definition) is 5. The molecule has 6 nitrogen and oxygen atoms in total. The van der Waals surface area contributed by atoms with Crippen LogP contribution in [0.15, 0.2) is 30.0 Å². The van der Waals surface area contributed by atoms with E-state index in [-0.39, 0.29) is 12.2 Å². The molecular formula is C13H10F4N2O4. The Hall–Kier alpha value is -2.62. The molecule has 0 aliphatic carbocycles. The molecule has 0 saturated carbocycles. The molecule has 0 saturated heterocycles. The van der Waals surface area contributed by atoms with Crippen LogP contribution >= 0.6 is 0 Å². The maximum Gasteiger partial charge on any atom is 0.573 e. The van der Waals surface area contributed by atoms with Gasteiger partial charge in [0.05, 0.1) is 18.8 Å². The molecule has 0 bridgehead atoms. The van der Waals surface area contributed by atoms with E-state index in [2.05, 4.69) is 10.1 Å². The molecule has 1 aromatic rings. The van der Waals surface area contributed by atoms with E-state index in [1.165, 1.54) is 0 Å². The van der Waals surface area contributed by atoms with E-state index in [4.69, 9.17) is 5.11 Å². The molecule has 1 aromatic carbocycles. The fourth-order valence-electron chi connectivity index (χ4n) is 1.85. The number of hydrogen-bond donors (Lipinski definition) is 2. The van der Waals surface area contributed by atoms with Crippen molar-refractivity contribution in [2.75, 3.05) is 18.5 Å². The quantitative estimate of drug-likeness (QED) is 0.628. The van der Waals surface area contributed by atoms with E-state index in [0.717, 1.165) is 18.2 Å². The van der Waals surface area contributed by atoms with Crippen molar-refractivity contribution in [2.45, 2.75) is 6.36 Å². The SMILES string of the molecule is O=C1C=C(Nc2cc(OC(F)(F)F)ccc2F)C(=O)N1CCO. The van der Waals surface area contributed by atoms with Crippen LogP contribution in [0.1, 0.15) is 0 Å². The van der Waals surface area contributed by atoms with Crippen LogP contribution in [0.3, 0.4) is 0 Å². The molecule has 2 rings (SSSR count). The van der Waals surface area contributed by atoms with Crippen molar-refractivity contribution in [3.63, 3.8) is 0 Å². The van der Waals surface area contributed by atoms with Crippen LogP contribution in [0.5, 0.6) is 5.75 Å². The van der Waals surface area contributed by atoms with Gasteiger partial charge in [-0.2, -0.15) is 0 Å². The second kappa shape index (κ2) is 6.24. The lowest BCUT2D eigenvalue weighted by atomic mass is 10.2. The van der Waals surface area contributed by atoms with E-state index in [1.54, 1.807) is 0 Å². The van der Waals surface area contributed by atoms with E-state index in [0.29, 0.717) is 11.0 Å². The number of aliphatic hydroxyl groups is 1. The first-order valence-electron chi connectivity index (χ1n) is 6.22. The Morgan fingerprint density at radius 1 is 1.26 bits per heavy atom. The van der Waals surface area contributed by atoms with Crippen LogP contribution in [-0.2, 0) is 9.59 Å². The van der Waals surface area contributed by atoms with Gasteiger partial charge in [0.2, 0.25) is 0 Å². The third-order valence-electron chi connectivity index (χ3n) is 2.77. The monoisotopic (exact) mass is 334 g/mol. The molecule has 1 aliphatic rings. The minimum Gasteiger partial charge on any atom is -0.406 e. The van der Waals surface area contributed by atoms with Crippen LogP contribution in [0.2, 0.25) is 0 Å². The molecule has 1 aliphatic heterocycles. The maximum absolute atomic E-state index is 13.6. The second-order valence-electron chi connectivity index (χ2n) is 4.39. The van der Waals surface area contributed by atoms with E-state index in [1.807, 2.05) is 0 Å². The molecule has 0 spiro atoms. The lowest BCUT2D eigenvalue weighted by Gasteiger charge is -2.14. The summed E-state index contributed by atoms with van der Waals surface area (Å²) in [7, 11) is 0. The highest BCUT2D eigenvalue weighted by atomic mass is 19.4. The van der Waals surface area contributed by atoms with Crippen LogP contribution in [0, 0.1) is 5.82 Å². The maximum atomic E-state index is 13.6. The summed E-state index contributed by atoms with van der Waals surface area (Å²) < 4.78 is 53.7. The standard InChI is InChI=1S/C13H10F4N2O4/c14-8-2-1-7(23-13(15,16)17)5-9(8)18-10-6-11(21)19(3-4-20)12(10)22/h1-2,5-6,18,20H,3-4H2. The highest BCUT2D eigenvalue weighted by Gasteiger charge is 2.33. The van der Waals surface area contributed by atoms with E-state index < -0.39 is 42.0 Å². The lowest BCUT2D eigenvalue weighted by molar-refractivity contribution is -0.274. The Labute approximate surface area is 126 Å². The zero-order chi connectivity index (χ0) is 17.2. The number of carbonyl (C=O) groups excluding carboxylic acids is 2. The van der Waals surface area contributed by atoms with Gasteiger partial charge in [0, 0.05) is 12.1 Å². The number of aliphatic hydroxyl groups excluding tert-OH is 1. The number of anilines is 1. The smallest absolute Gasteiger partial charge is 0.406 e. The average Bonchev–Trinajstić information content (AvgIpc) is 2.69. The number of imide groups is 1. The van der Waals surface area contributed by atoms with Gasteiger partial charge in [-0.3, -0.25) is 14.5 Å². The predicted molar refractivity (Wildman–Crippen MR) is 68.6 cm³/mol. The zero-order valence-corrected chi connectivity index (χ0v) is 11.4. The number of carbonyl (C=O) groups is 2. The van der Waals surface area contributed by atoms with Crippen LogP contribution in [0.4, 0.5) is 23.2 Å². The van der Waals surface area contributed by atoms with E-state index in [9.17, 15) is 27.2 Å². The Bertz CT molecular complexity index is 672. The Morgan fingerprint density at radius 2 is 1.96 bits per heavy atom. The van der Waals surface area contributed by atoms with Gasteiger partial charge in [0.15, 0.2) is 0 Å². The van der Waals surface area contributed by atoms with Gasteiger partial charge < -0.3 is 15.2 Å². The summed E-state index contributed by atoms with van der Waals surface area (Å²) in [6, 6.07) is 2.19. The Morgan fingerprint density at radius 3 is 2.57 bits per heavy atom. The first-order valence-corrected chi connectivity index (χ1v) is 6.22. The number of amides is 2. The molecule has 0 atom stereocenters. The van der Waals surface area contributed by atoms with Gasteiger partial charge >= 0.3 is 6.36 Å². The van der Waals surface area contributed by atoms with Crippen molar-refractivity contribution >= 4 is 17.5 Å². The lowest BCUT2D eigenvalue weighted by Crippen LogP contribution is -2.34. The summed E-state index contributed by atoms with van der Waals surface area (Å²) in [6.45, 7) is -0.707. The molecule has 2 amide bonds. The number of rotatable bonds is 5. The van der Waals surface area contributed by atoms with Crippen molar-refractivity contribution in [1.29, 1.82) is 0 Å². The van der Waals surface area contributed by atoms with Crippen molar-refractivity contribution < 1.29 is 37.0 Å². The summed E-state index contributed by atoms with van der Waals surface area (Å²) in [5, 5.41) is 11.0. The number of nitrogens with zero attached hydrogens (tertiary/aromatic N) is 1. The number of alkyl halides is 3. The normalized spacial score (nSPS) is 15.0. The molecule has 0 radical (unpaired) electrons. The van der Waals surface area contributed by atoms with Gasteiger partial charge in [-0.15, -0.1) is 13.2 Å². The largest absolute Gasteiger partial charge is 0.573 e. The fraction of sp³-hybridized carbons (Fsp3) is 0.231. The molecule has 0 unspecified atom stereocenters. The summed E-state index contributed by atoms with van der Waals surface area (Å²) >= 11 is 0. The van der Waals surface area contributed by atoms with Crippen molar-refractivity contribution in [3.05, 3.63) is 35.8 Å².